The summed E-state index contributed by atoms with van der Waals surface area (Å²) in [6.07, 6.45) is 0.264. The molecule has 4 nitrogen and oxygen atoms in total. The van der Waals surface area contributed by atoms with Crippen molar-refractivity contribution in [2.45, 2.75) is 13.3 Å². The summed E-state index contributed by atoms with van der Waals surface area (Å²) in [4.78, 5) is 23.8. The average molecular weight is 190 g/mol. The third-order valence-corrected chi connectivity index (χ3v) is 2.25. The van der Waals surface area contributed by atoms with Gasteiger partial charge in [-0.2, -0.15) is 0 Å². The number of amides is 2. The first-order valence-corrected chi connectivity index (χ1v) is 4.31. The van der Waals surface area contributed by atoms with Crippen molar-refractivity contribution in [1.29, 1.82) is 0 Å². The van der Waals surface area contributed by atoms with E-state index in [9.17, 15) is 9.59 Å². The van der Waals surface area contributed by atoms with Crippen molar-refractivity contribution < 1.29 is 9.59 Å². The Balaban J connectivity index is 2.53. The summed E-state index contributed by atoms with van der Waals surface area (Å²) in [5.41, 5.74) is 7.68. The maximum absolute atomic E-state index is 11.4. The molecule has 0 saturated heterocycles. The summed E-state index contributed by atoms with van der Waals surface area (Å²) in [7, 11) is 0. The summed E-state index contributed by atoms with van der Waals surface area (Å²) in [6.45, 7) is 1.38. The molecule has 0 radical (unpaired) electrons. The second kappa shape index (κ2) is 2.83. The largest absolute Gasteiger partial charge is 0.399 e. The molecule has 0 aromatic heterocycles. The van der Waals surface area contributed by atoms with Crippen LogP contribution in [-0.2, 0) is 16.0 Å². The Hall–Kier alpha value is -1.84. The minimum absolute atomic E-state index is 0.182. The van der Waals surface area contributed by atoms with Crippen LogP contribution in [0.3, 0.4) is 0 Å². The molecule has 1 aliphatic heterocycles. The predicted molar refractivity (Wildman–Crippen MR) is 52.7 cm³/mol. The van der Waals surface area contributed by atoms with E-state index in [0.29, 0.717) is 11.4 Å². The second-order valence-corrected chi connectivity index (χ2v) is 3.31. The number of carbonyl (C=O) groups is 2. The minimum Gasteiger partial charge on any atom is -0.399 e. The molecule has 2 rings (SSSR count). The van der Waals surface area contributed by atoms with Crippen molar-refractivity contribution in [3.8, 4) is 0 Å². The first kappa shape index (κ1) is 8.74. The van der Waals surface area contributed by atoms with Crippen molar-refractivity contribution >= 4 is 23.2 Å². The van der Waals surface area contributed by atoms with Crippen LogP contribution in [0.1, 0.15) is 12.5 Å². The normalized spacial score (nSPS) is 14.4. The van der Waals surface area contributed by atoms with Crippen LogP contribution in [0.15, 0.2) is 18.2 Å². The van der Waals surface area contributed by atoms with Gasteiger partial charge in [-0.1, -0.05) is 0 Å². The first-order valence-electron chi connectivity index (χ1n) is 4.31. The number of nitrogens with zero attached hydrogens (tertiary/aromatic N) is 1. The van der Waals surface area contributed by atoms with Gasteiger partial charge in [0, 0.05) is 12.6 Å². The van der Waals surface area contributed by atoms with Crippen LogP contribution in [0.4, 0.5) is 11.4 Å². The zero-order chi connectivity index (χ0) is 10.3. The van der Waals surface area contributed by atoms with E-state index < -0.39 is 0 Å². The van der Waals surface area contributed by atoms with E-state index in [-0.39, 0.29) is 18.2 Å². The molecule has 0 aliphatic carbocycles. The van der Waals surface area contributed by atoms with E-state index in [1.54, 1.807) is 18.2 Å². The van der Waals surface area contributed by atoms with Gasteiger partial charge in [-0.15, -0.1) is 0 Å². The lowest BCUT2D eigenvalue weighted by Crippen LogP contribution is -2.31. The number of benzene rings is 1. The van der Waals surface area contributed by atoms with Gasteiger partial charge in [0.2, 0.25) is 11.8 Å². The fourth-order valence-corrected chi connectivity index (χ4v) is 1.69. The smallest absolute Gasteiger partial charge is 0.238 e. The second-order valence-electron chi connectivity index (χ2n) is 3.31. The maximum atomic E-state index is 11.4. The highest BCUT2D eigenvalue weighted by atomic mass is 16.2. The number of fused-ring (bicyclic) bond motifs is 1. The topological polar surface area (TPSA) is 63.4 Å². The Kier molecular flexibility index (Phi) is 1.77. The number of anilines is 2. The molecule has 1 aromatic carbocycles. The Bertz CT molecular complexity index is 426. The third-order valence-electron chi connectivity index (χ3n) is 2.25. The number of carbonyl (C=O) groups excluding carboxylic acids is 2. The van der Waals surface area contributed by atoms with Crippen LogP contribution in [-0.4, -0.2) is 11.8 Å². The van der Waals surface area contributed by atoms with E-state index in [0.717, 1.165) is 5.56 Å². The van der Waals surface area contributed by atoms with Crippen molar-refractivity contribution in [2.24, 2.45) is 0 Å². The molecular weight excluding hydrogens is 180 g/mol. The molecule has 2 N–H and O–H groups in total. The van der Waals surface area contributed by atoms with Crippen LogP contribution in [0.2, 0.25) is 0 Å². The van der Waals surface area contributed by atoms with Gasteiger partial charge in [0.15, 0.2) is 0 Å². The van der Waals surface area contributed by atoms with Crippen molar-refractivity contribution in [1.82, 2.24) is 0 Å². The predicted octanol–water partition coefficient (Wildman–Crippen LogP) is 0.704. The van der Waals surface area contributed by atoms with E-state index >= 15 is 0 Å². The zero-order valence-electron chi connectivity index (χ0n) is 7.78. The highest BCUT2D eigenvalue weighted by molar-refractivity contribution is 6.18. The van der Waals surface area contributed by atoms with E-state index in [2.05, 4.69) is 0 Å². The molecule has 72 valence electrons. The SMILES string of the molecule is CC(=O)N1C(=O)Cc2cc(N)ccc21. The lowest BCUT2D eigenvalue weighted by molar-refractivity contribution is -0.124. The van der Waals surface area contributed by atoms with Crippen LogP contribution in [0.5, 0.6) is 0 Å². The number of hydrogen-bond acceptors (Lipinski definition) is 3. The van der Waals surface area contributed by atoms with Crippen molar-refractivity contribution in [3.63, 3.8) is 0 Å². The molecule has 0 fully saturated rings. The highest BCUT2D eigenvalue weighted by Gasteiger charge is 2.29. The van der Waals surface area contributed by atoms with Crippen molar-refractivity contribution in [2.75, 3.05) is 10.6 Å². The van der Waals surface area contributed by atoms with Crippen molar-refractivity contribution in [3.05, 3.63) is 23.8 Å². The Labute approximate surface area is 81.3 Å². The number of hydrogen-bond donors (Lipinski definition) is 1. The zero-order valence-corrected chi connectivity index (χ0v) is 7.78. The van der Waals surface area contributed by atoms with Gasteiger partial charge < -0.3 is 5.73 Å². The number of nitrogen functional groups attached to an aromatic ring is 1. The van der Waals surface area contributed by atoms with Gasteiger partial charge in [-0.05, 0) is 23.8 Å². The maximum Gasteiger partial charge on any atom is 0.238 e. The average Bonchev–Trinajstić information content (AvgIpc) is 2.39. The van der Waals surface area contributed by atoms with E-state index in [1.807, 2.05) is 0 Å². The molecule has 0 bridgehead atoms. The molecule has 1 aliphatic rings. The fraction of sp³-hybridized carbons (Fsp3) is 0.200. The molecule has 0 saturated carbocycles. The van der Waals surface area contributed by atoms with Crippen LogP contribution in [0, 0.1) is 0 Å². The molecule has 0 spiro atoms. The number of rotatable bonds is 0. The Morgan fingerprint density at radius 1 is 1.50 bits per heavy atom. The summed E-state index contributed by atoms with van der Waals surface area (Å²) in [5.74, 6) is -0.434. The van der Waals surface area contributed by atoms with E-state index in [1.165, 1.54) is 11.8 Å². The van der Waals surface area contributed by atoms with Gasteiger partial charge in [0.05, 0.1) is 12.1 Å². The Morgan fingerprint density at radius 2 is 2.21 bits per heavy atom. The van der Waals surface area contributed by atoms with Gasteiger partial charge in [-0.25, -0.2) is 0 Å². The standard InChI is InChI=1S/C10H10N2O2/c1-6(13)12-9-3-2-8(11)4-7(9)5-10(12)14/h2-4H,5,11H2,1H3. The molecule has 1 heterocycles. The lowest BCUT2D eigenvalue weighted by atomic mass is 10.1. The Morgan fingerprint density at radius 3 is 2.86 bits per heavy atom. The van der Waals surface area contributed by atoms with Gasteiger partial charge in [0.25, 0.3) is 0 Å². The molecule has 4 heteroatoms. The summed E-state index contributed by atoms with van der Waals surface area (Å²) in [5, 5.41) is 0. The molecule has 2 amide bonds. The quantitative estimate of drug-likeness (QED) is 0.612. The number of imide groups is 1. The number of nitrogens with two attached hydrogens (primary N) is 1. The molecule has 0 atom stereocenters. The monoisotopic (exact) mass is 190 g/mol. The molecule has 0 unspecified atom stereocenters. The fourth-order valence-electron chi connectivity index (χ4n) is 1.69. The summed E-state index contributed by atoms with van der Waals surface area (Å²) < 4.78 is 0. The first-order chi connectivity index (χ1) is 6.59. The highest BCUT2D eigenvalue weighted by Crippen LogP contribution is 2.30. The minimum atomic E-state index is -0.251. The summed E-state index contributed by atoms with van der Waals surface area (Å²) >= 11 is 0. The van der Waals surface area contributed by atoms with Gasteiger partial charge in [-0.3, -0.25) is 14.5 Å². The van der Waals surface area contributed by atoms with E-state index in [4.69, 9.17) is 5.73 Å². The third kappa shape index (κ3) is 1.16. The van der Waals surface area contributed by atoms with Gasteiger partial charge in [0.1, 0.15) is 0 Å². The molecule has 1 aromatic rings. The van der Waals surface area contributed by atoms with Crippen LogP contribution >= 0.6 is 0 Å². The van der Waals surface area contributed by atoms with Gasteiger partial charge >= 0.3 is 0 Å². The van der Waals surface area contributed by atoms with Crippen LogP contribution in [0.25, 0.3) is 0 Å². The van der Waals surface area contributed by atoms with Crippen LogP contribution < -0.4 is 10.6 Å². The summed E-state index contributed by atoms with van der Waals surface area (Å²) in [6, 6.07) is 5.13. The lowest BCUT2D eigenvalue weighted by Gasteiger charge is -2.12. The molecule has 14 heavy (non-hydrogen) atoms. The molecular formula is C10H10N2O2.